The van der Waals surface area contributed by atoms with Gasteiger partial charge in [-0.1, -0.05) is 13.8 Å². The molecule has 2 heterocycles. The molecule has 2 aromatic rings. The number of anilines is 1. The number of amides is 1. The largest absolute Gasteiger partial charge is 0.479 e. The van der Waals surface area contributed by atoms with Crippen LogP contribution in [0, 0.1) is 19.8 Å². The second-order valence-corrected chi connectivity index (χ2v) is 8.16. The number of benzene rings is 1. The van der Waals surface area contributed by atoms with Crippen molar-refractivity contribution in [1.29, 1.82) is 0 Å². The van der Waals surface area contributed by atoms with E-state index in [0.29, 0.717) is 5.92 Å². The van der Waals surface area contributed by atoms with E-state index in [0.717, 1.165) is 40.7 Å². The molecule has 1 unspecified atom stereocenters. The Morgan fingerprint density at radius 1 is 1.33 bits per heavy atom. The minimum absolute atomic E-state index is 0.0338. The molecule has 128 valence electrons. The minimum atomic E-state index is -0.432. The maximum atomic E-state index is 12.6. The fourth-order valence-corrected chi connectivity index (χ4v) is 3.81. The first-order valence-corrected chi connectivity index (χ1v) is 9.25. The van der Waals surface area contributed by atoms with Crippen molar-refractivity contribution in [3.63, 3.8) is 0 Å². The normalized spacial score (nSPS) is 17.2. The molecule has 0 N–H and O–H groups in total. The summed E-state index contributed by atoms with van der Waals surface area (Å²) in [5, 5.41) is 1.05. The van der Waals surface area contributed by atoms with E-state index in [9.17, 15) is 4.79 Å². The van der Waals surface area contributed by atoms with Crippen LogP contribution in [0.4, 0.5) is 5.69 Å². The number of hydrogen-bond acceptors (Lipinski definition) is 4. The lowest BCUT2D eigenvalue weighted by atomic mass is 10.1. The molecular weight excluding hydrogens is 320 g/mol. The number of aromatic nitrogens is 1. The van der Waals surface area contributed by atoms with E-state index in [1.807, 2.05) is 36.9 Å². The lowest BCUT2D eigenvalue weighted by molar-refractivity contribution is -0.125. The van der Waals surface area contributed by atoms with Gasteiger partial charge in [0.25, 0.3) is 5.91 Å². The summed E-state index contributed by atoms with van der Waals surface area (Å²) in [5.74, 6) is 1.36. The van der Waals surface area contributed by atoms with Crippen molar-refractivity contribution in [2.45, 2.75) is 47.1 Å². The number of nitrogens with zero attached hydrogens (tertiary/aromatic N) is 2. The van der Waals surface area contributed by atoms with Gasteiger partial charge in [0.05, 0.1) is 16.4 Å². The van der Waals surface area contributed by atoms with E-state index in [2.05, 4.69) is 25.8 Å². The van der Waals surface area contributed by atoms with Gasteiger partial charge in [-0.25, -0.2) is 4.98 Å². The Labute approximate surface area is 147 Å². The first-order valence-electron chi connectivity index (χ1n) is 8.43. The van der Waals surface area contributed by atoms with Crippen LogP contribution in [-0.2, 0) is 4.79 Å². The third kappa shape index (κ3) is 3.18. The Balaban J connectivity index is 2.02. The highest BCUT2D eigenvalue weighted by Crippen LogP contribution is 2.39. The summed E-state index contributed by atoms with van der Waals surface area (Å²) in [6.07, 6.45) is 0.538. The molecular formula is C19H24N2O2S. The van der Waals surface area contributed by atoms with Gasteiger partial charge < -0.3 is 9.64 Å². The Morgan fingerprint density at radius 3 is 2.71 bits per heavy atom. The molecule has 5 heteroatoms. The van der Waals surface area contributed by atoms with Crippen molar-refractivity contribution in [3.8, 4) is 17.0 Å². The topological polar surface area (TPSA) is 42.4 Å². The highest BCUT2D eigenvalue weighted by molar-refractivity contribution is 7.11. The van der Waals surface area contributed by atoms with Gasteiger partial charge in [-0.15, -0.1) is 11.3 Å². The molecule has 1 aromatic heterocycles. The van der Waals surface area contributed by atoms with Crippen LogP contribution in [0.25, 0.3) is 11.3 Å². The van der Waals surface area contributed by atoms with E-state index in [-0.39, 0.29) is 5.91 Å². The fourth-order valence-electron chi connectivity index (χ4n) is 2.97. The number of hydrogen-bond donors (Lipinski definition) is 0. The SMILES string of the molecule is Cc1nc(-c2ccc3c(c2)N(CCC(C)C)C(=O)C(C)O3)c(C)s1. The molecule has 1 amide bonds. The summed E-state index contributed by atoms with van der Waals surface area (Å²) in [6, 6.07) is 6.04. The van der Waals surface area contributed by atoms with Gasteiger partial charge in [-0.05, 0) is 51.3 Å². The average Bonchev–Trinajstić information content (AvgIpc) is 2.86. The summed E-state index contributed by atoms with van der Waals surface area (Å²) >= 11 is 1.69. The summed E-state index contributed by atoms with van der Waals surface area (Å²) in [5.41, 5.74) is 2.90. The van der Waals surface area contributed by atoms with Gasteiger partial charge in [0, 0.05) is 17.0 Å². The van der Waals surface area contributed by atoms with Gasteiger partial charge >= 0.3 is 0 Å². The molecule has 4 nitrogen and oxygen atoms in total. The van der Waals surface area contributed by atoms with E-state index >= 15 is 0 Å². The number of aryl methyl sites for hydroxylation is 2. The second kappa shape index (κ2) is 6.55. The molecule has 1 aromatic carbocycles. The molecule has 1 aliphatic heterocycles. The van der Waals surface area contributed by atoms with Crippen LogP contribution >= 0.6 is 11.3 Å². The Kier molecular flexibility index (Phi) is 4.63. The van der Waals surface area contributed by atoms with Crippen molar-refractivity contribution < 1.29 is 9.53 Å². The molecule has 0 saturated carbocycles. The lowest BCUT2D eigenvalue weighted by Gasteiger charge is -2.33. The molecule has 3 rings (SSSR count). The third-order valence-corrected chi connectivity index (χ3v) is 5.16. The van der Waals surface area contributed by atoms with Gasteiger partial charge in [0.15, 0.2) is 6.10 Å². The number of carbonyl (C=O) groups excluding carboxylic acids is 1. The van der Waals surface area contributed by atoms with E-state index in [1.54, 1.807) is 11.3 Å². The van der Waals surface area contributed by atoms with Crippen LogP contribution in [0.15, 0.2) is 18.2 Å². The molecule has 0 fully saturated rings. The van der Waals surface area contributed by atoms with Crippen molar-refractivity contribution in [3.05, 3.63) is 28.1 Å². The fraction of sp³-hybridized carbons (Fsp3) is 0.474. The smallest absolute Gasteiger partial charge is 0.267 e. The predicted molar refractivity (Wildman–Crippen MR) is 98.9 cm³/mol. The molecule has 1 aliphatic rings. The predicted octanol–water partition coefficient (Wildman–Crippen LogP) is 4.59. The Morgan fingerprint density at radius 2 is 2.08 bits per heavy atom. The molecule has 0 saturated heterocycles. The quantitative estimate of drug-likeness (QED) is 0.815. The average molecular weight is 344 g/mol. The zero-order chi connectivity index (χ0) is 17.4. The number of rotatable bonds is 4. The Hall–Kier alpha value is -1.88. The first-order chi connectivity index (χ1) is 11.4. The van der Waals surface area contributed by atoms with Gasteiger partial charge in [-0.3, -0.25) is 4.79 Å². The van der Waals surface area contributed by atoms with Crippen molar-refractivity contribution in [1.82, 2.24) is 4.98 Å². The van der Waals surface area contributed by atoms with Crippen molar-refractivity contribution in [2.75, 3.05) is 11.4 Å². The summed E-state index contributed by atoms with van der Waals surface area (Å²) in [7, 11) is 0. The molecule has 0 spiro atoms. The molecule has 24 heavy (non-hydrogen) atoms. The number of carbonyl (C=O) groups is 1. The second-order valence-electron chi connectivity index (χ2n) is 6.75. The van der Waals surface area contributed by atoms with E-state index < -0.39 is 6.10 Å². The maximum absolute atomic E-state index is 12.6. The van der Waals surface area contributed by atoms with E-state index in [1.165, 1.54) is 4.88 Å². The molecule has 0 bridgehead atoms. The zero-order valence-corrected chi connectivity index (χ0v) is 15.7. The lowest BCUT2D eigenvalue weighted by Crippen LogP contribution is -2.45. The highest BCUT2D eigenvalue weighted by atomic mass is 32.1. The zero-order valence-electron chi connectivity index (χ0n) is 14.9. The molecule has 1 atom stereocenters. The summed E-state index contributed by atoms with van der Waals surface area (Å²) in [6.45, 7) is 11.0. The van der Waals surface area contributed by atoms with Crippen LogP contribution < -0.4 is 9.64 Å². The monoisotopic (exact) mass is 344 g/mol. The minimum Gasteiger partial charge on any atom is -0.479 e. The van der Waals surface area contributed by atoms with Gasteiger partial charge in [0.2, 0.25) is 0 Å². The van der Waals surface area contributed by atoms with Crippen LogP contribution in [0.1, 0.15) is 37.1 Å². The number of thiazole rings is 1. The first kappa shape index (κ1) is 17.0. The molecule has 0 aliphatic carbocycles. The van der Waals surface area contributed by atoms with Crippen molar-refractivity contribution >= 4 is 22.9 Å². The maximum Gasteiger partial charge on any atom is 0.267 e. The van der Waals surface area contributed by atoms with Crippen LogP contribution in [0.5, 0.6) is 5.75 Å². The van der Waals surface area contributed by atoms with Crippen LogP contribution in [0.2, 0.25) is 0 Å². The summed E-state index contributed by atoms with van der Waals surface area (Å²) < 4.78 is 5.80. The standard InChI is InChI=1S/C19H24N2O2S/c1-11(2)8-9-21-16-10-15(18-13(4)24-14(5)20-18)6-7-17(16)23-12(3)19(21)22/h6-7,10-12H,8-9H2,1-5H3. The summed E-state index contributed by atoms with van der Waals surface area (Å²) in [4.78, 5) is 20.3. The highest BCUT2D eigenvalue weighted by Gasteiger charge is 2.31. The Bertz CT molecular complexity index is 767. The molecule has 0 radical (unpaired) electrons. The van der Waals surface area contributed by atoms with Gasteiger partial charge in [0.1, 0.15) is 5.75 Å². The number of ether oxygens (including phenoxy) is 1. The van der Waals surface area contributed by atoms with Crippen LogP contribution in [0.3, 0.4) is 0 Å². The van der Waals surface area contributed by atoms with E-state index in [4.69, 9.17) is 4.74 Å². The van der Waals surface area contributed by atoms with Crippen molar-refractivity contribution in [2.24, 2.45) is 5.92 Å². The third-order valence-electron chi connectivity index (χ3n) is 4.27. The number of fused-ring (bicyclic) bond motifs is 1. The van der Waals surface area contributed by atoms with Crippen LogP contribution in [-0.4, -0.2) is 23.5 Å². The van der Waals surface area contributed by atoms with Gasteiger partial charge in [-0.2, -0.15) is 0 Å².